The van der Waals surface area contributed by atoms with Gasteiger partial charge < -0.3 is 10.8 Å². The number of aromatic nitrogens is 3. The van der Waals surface area contributed by atoms with Gasteiger partial charge in [0.1, 0.15) is 5.69 Å². The first-order valence-corrected chi connectivity index (χ1v) is 3.41. The van der Waals surface area contributed by atoms with E-state index in [2.05, 4.69) is 22.5 Å². The highest BCUT2D eigenvalue weighted by Crippen LogP contribution is 1.91. The predicted octanol–water partition coefficient (Wildman–Crippen LogP) is -0.944. The zero-order valence-corrected chi connectivity index (χ0v) is 6.58. The molecule has 3 N–H and O–H groups in total. The summed E-state index contributed by atoms with van der Waals surface area (Å²) in [5, 5.41) is 15.9. The van der Waals surface area contributed by atoms with E-state index in [1.54, 1.807) is 6.20 Å². The molecule has 0 aliphatic carbocycles. The van der Waals surface area contributed by atoms with Crippen LogP contribution in [0.1, 0.15) is 5.69 Å². The lowest BCUT2D eigenvalue weighted by Crippen LogP contribution is -2.16. The summed E-state index contributed by atoms with van der Waals surface area (Å²) in [5.74, 6) is 0. The van der Waals surface area contributed by atoms with Gasteiger partial charge in [0, 0.05) is 0 Å². The van der Waals surface area contributed by atoms with Crippen molar-refractivity contribution >= 4 is 17.2 Å². The third-order valence-electron chi connectivity index (χ3n) is 1.07. The number of hydrogen-bond donors (Lipinski definition) is 2. The smallest absolute Gasteiger partial charge is 0.108 e. The van der Waals surface area contributed by atoms with E-state index < -0.39 is 0 Å². The van der Waals surface area contributed by atoms with Gasteiger partial charge >= 0.3 is 0 Å². The summed E-state index contributed by atoms with van der Waals surface area (Å²) in [6.45, 7) is 0.250. The fourth-order valence-corrected chi connectivity index (χ4v) is 0.780. The van der Waals surface area contributed by atoms with Crippen molar-refractivity contribution in [3.05, 3.63) is 11.9 Å². The molecule has 1 aromatic rings. The number of aliphatic hydroxyl groups excluding tert-OH is 1. The highest BCUT2D eigenvalue weighted by atomic mass is 32.1. The van der Waals surface area contributed by atoms with Gasteiger partial charge in [0.25, 0.3) is 0 Å². The molecule has 60 valence electrons. The fourth-order valence-electron chi connectivity index (χ4n) is 0.648. The number of nitrogens with two attached hydrogens (primary N) is 1. The van der Waals surface area contributed by atoms with Crippen molar-refractivity contribution in [2.45, 2.75) is 13.2 Å². The quantitative estimate of drug-likeness (QED) is 0.575. The van der Waals surface area contributed by atoms with E-state index in [0.29, 0.717) is 17.2 Å². The lowest BCUT2D eigenvalue weighted by atomic mass is 10.5. The molecule has 0 atom stereocenters. The molecular formula is C5H8N4OS. The minimum atomic E-state index is -0.114. The van der Waals surface area contributed by atoms with Gasteiger partial charge in [-0.3, -0.25) is 0 Å². The average molecular weight is 172 g/mol. The molecular weight excluding hydrogens is 164 g/mol. The van der Waals surface area contributed by atoms with Crippen LogP contribution in [0.2, 0.25) is 0 Å². The molecule has 11 heavy (non-hydrogen) atoms. The van der Waals surface area contributed by atoms with E-state index in [0.717, 1.165) is 0 Å². The number of rotatable bonds is 3. The van der Waals surface area contributed by atoms with Crippen molar-refractivity contribution in [1.29, 1.82) is 0 Å². The van der Waals surface area contributed by atoms with Crippen molar-refractivity contribution in [3.8, 4) is 0 Å². The largest absolute Gasteiger partial charge is 0.392 e. The number of aliphatic hydroxyl groups is 1. The van der Waals surface area contributed by atoms with E-state index in [1.165, 1.54) is 4.68 Å². The predicted molar refractivity (Wildman–Crippen MR) is 42.7 cm³/mol. The Kier molecular flexibility index (Phi) is 2.50. The Balaban J connectivity index is 2.65. The third kappa shape index (κ3) is 2.24. The minimum Gasteiger partial charge on any atom is -0.392 e. The molecule has 0 saturated heterocycles. The molecule has 0 fully saturated rings. The van der Waals surface area contributed by atoms with Crippen molar-refractivity contribution in [1.82, 2.24) is 15.0 Å². The molecule has 6 heteroatoms. The molecule has 1 aromatic heterocycles. The SMILES string of the molecule is NC(=S)Cn1cc(CO)nn1. The van der Waals surface area contributed by atoms with Crippen molar-refractivity contribution < 1.29 is 5.11 Å². The third-order valence-corrected chi connectivity index (χ3v) is 1.20. The zero-order valence-electron chi connectivity index (χ0n) is 5.77. The summed E-state index contributed by atoms with van der Waals surface area (Å²) in [6, 6.07) is 0. The average Bonchev–Trinajstić information content (AvgIpc) is 2.34. The lowest BCUT2D eigenvalue weighted by Gasteiger charge is -1.94. The van der Waals surface area contributed by atoms with Crippen LogP contribution in [0.25, 0.3) is 0 Å². The first kappa shape index (κ1) is 8.09. The Labute approximate surface area is 68.8 Å². The van der Waals surface area contributed by atoms with Gasteiger partial charge in [-0.05, 0) is 0 Å². The Morgan fingerprint density at radius 3 is 3.00 bits per heavy atom. The summed E-state index contributed by atoms with van der Waals surface area (Å²) in [7, 11) is 0. The summed E-state index contributed by atoms with van der Waals surface area (Å²) < 4.78 is 1.48. The second kappa shape index (κ2) is 3.40. The number of nitrogens with zero attached hydrogens (tertiary/aromatic N) is 3. The molecule has 0 aliphatic heterocycles. The van der Waals surface area contributed by atoms with Crippen LogP contribution in [0.4, 0.5) is 0 Å². The maximum Gasteiger partial charge on any atom is 0.108 e. The molecule has 0 bridgehead atoms. The van der Waals surface area contributed by atoms with E-state index in [4.69, 9.17) is 10.8 Å². The maximum absolute atomic E-state index is 8.61. The van der Waals surface area contributed by atoms with Crippen LogP contribution in [0, 0.1) is 0 Å². The van der Waals surface area contributed by atoms with Crippen molar-refractivity contribution in [3.63, 3.8) is 0 Å². The van der Waals surface area contributed by atoms with Gasteiger partial charge in [-0.25, -0.2) is 4.68 Å². The first-order valence-electron chi connectivity index (χ1n) is 3.00. The molecule has 0 aromatic carbocycles. The van der Waals surface area contributed by atoms with Crippen LogP contribution in [-0.4, -0.2) is 25.1 Å². The summed E-state index contributed by atoms with van der Waals surface area (Å²) in [6.07, 6.45) is 1.60. The standard InChI is InChI=1S/C5H8N4OS/c6-5(11)2-9-1-4(3-10)7-8-9/h1,10H,2-3H2,(H2,6,11). The highest BCUT2D eigenvalue weighted by Gasteiger charge is 1.98. The van der Waals surface area contributed by atoms with Gasteiger partial charge in [-0.2, -0.15) is 0 Å². The summed E-state index contributed by atoms with van der Waals surface area (Å²) in [4.78, 5) is 0.347. The van der Waals surface area contributed by atoms with E-state index in [-0.39, 0.29) is 6.61 Å². The Bertz CT molecular complexity index is 259. The van der Waals surface area contributed by atoms with Crippen LogP contribution in [0.15, 0.2) is 6.20 Å². The molecule has 1 heterocycles. The molecule has 0 unspecified atom stereocenters. The molecule has 0 amide bonds. The van der Waals surface area contributed by atoms with Crippen LogP contribution < -0.4 is 5.73 Å². The minimum absolute atomic E-state index is 0.114. The van der Waals surface area contributed by atoms with Crippen LogP contribution >= 0.6 is 12.2 Å². The molecule has 0 aliphatic rings. The molecule has 5 nitrogen and oxygen atoms in total. The molecule has 0 radical (unpaired) electrons. The normalized spacial score (nSPS) is 9.91. The monoisotopic (exact) mass is 172 g/mol. The summed E-state index contributed by atoms with van der Waals surface area (Å²) in [5.41, 5.74) is 5.77. The van der Waals surface area contributed by atoms with Gasteiger partial charge in [0.2, 0.25) is 0 Å². The van der Waals surface area contributed by atoms with Crippen LogP contribution in [0.5, 0.6) is 0 Å². The first-order chi connectivity index (χ1) is 5.22. The van der Waals surface area contributed by atoms with E-state index in [1.807, 2.05) is 0 Å². The highest BCUT2D eigenvalue weighted by molar-refractivity contribution is 7.80. The molecule has 0 spiro atoms. The van der Waals surface area contributed by atoms with Gasteiger partial charge in [-0.1, -0.05) is 17.4 Å². The van der Waals surface area contributed by atoms with Crippen molar-refractivity contribution in [2.75, 3.05) is 0 Å². The van der Waals surface area contributed by atoms with Gasteiger partial charge in [0.05, 0.1) is 24.3 Å². The van der Waals surface area contributed by atoms with Crippen LogP contribution in [0.3, 0.4) is 0 Å². The van der Waals surface area contributed by atoms with E-state index in [9.17, 15) is 0 Å². The second-order valence-corrected chi connectivity index (χ2v) is 2.56. The Morgan fingerprint density at radius 2 is 2.55 bits per heavy atom. The molecule has 0 saturated carbocycles. The zero-order chi connectivity index (χ0) is 8.27. The number of hydrogen-bond acceptors (Lipinski definition) is 4. The van der Waals surface area contributed by atoms with Crippen molar-refractivity contribution in [2.24, 2.45) is 5.73 Å². The van der Waals surface area contributed by atoms with Gasteiger partial charge in [-0.15, -0.1) is 5.10 Å². The van der Waals surface area contributed by atoms with Crippen LogP contribution in [-0.2, 0) is 13.2 Å². The van der Waals surface area contributed by atoms with Gasteiger partial charge in [0.15, 0.2) is 0 Å². The Morgan fingerprint density at radius 1 is 1.82 bits per heavy atom. The summed E-state index contributed by atoms with van der Waals surface area (Å²) >= 11 is 4.65. The Hall–Kier alpha value is -1.01. The maximum atomic E-state index is 8.61. The molecule has 1 rings (SSSR count). The number of thiocarbonyl (C=S) groups is 1. The fraction of sp³-hybridized carbons (Fsp3) is 0.400. The second-order valence-electron chi connectivity index (χ2n) is 2.03. The lowest BCUT2D eigenvalue weighted by molar-refractivity contribution is 0.276. The van der Waals surface area contributed by atoms with E-state index >= 15 is 0 Å². The topological polar surface area (TPSA) is 77.0 Å².